The number of nitrogens with zero attached hydrogens (tertiary/aromatic N) is 4. The van der Waals surface area contributed by atoms with Gasteiger partial charge in [-0.1, -0.05) is 30.3 Å². The Balaban J connectivity index is 1.71. The minimum Gasteiger partial charge on any atom is -0.356 e. The molecule has 26 heavy (non-hydrogen) atoms. The molecule has 0 saturated carbocycles. The molecule has 0 N–H and O–H groups in total. The van der Waals surface area contributed by atoms with E-state index in [4.69, 9.17) is 4.98 Å². The minimum absolute atomic E-state index is 0.0879. The molecule has 0 aliphatic carbocycles. The van der Waals surface area contributed by atoms with E-state index < -0.39 is 0 Å². The quantitative estimate of drug-likeness (QED) is 0.846. The zero-order chi connectivity index (χ0) is 17.8. The smallest absolute Gasteiger partial charge is 0.259 e. The maximum atomic E-state index is 13.1. The minimum atomic E-state index is 0.0879. The summed E-state index contributed by atoms with van der Waals surface area (Å²) in [4.78, 5) is 26.8. The molecule has 2 fully saturated rings. The van der Waals surface area contributed by atoms with Crippen molar-refractivity contribution in [2.75, 3.05) is 31.1 Å². The molecule has 5 nitrogen and oxygen atoms in total. The average molecular weight is 350 g/mol. The first-order valence-electron chi connectivity index (χ1n) is 9.79. The van der Waals surface area contributed by atoms with Crippen molar-refractivity contribution in [3.63, 3.8) is 0 Å². The van der Waals surface area contributed by atoms with Crippen LogP contribution in [-0.2, 0) is 0 Å². The molecule has 2 aromatic rings. The number of carbonyl (C=O) groups is 1. The normalized spacial score (nSPS) is 18.0. The molecule has 1 amide bonds. The van der Waals surface area contributed by atoms with Crippen LogP contribution in [0.2, 0.25) is 0 Å². The van der Waals surface area contributed by atoms with Gasteiger partial charge in [0.05, 0.1) is 0 Å². The highest BCUT2D eigenvalue weighted by atomic mass is 16.2. The van der Waals surface area contributed by atoms with Crippen molar-refractivity contribution in [1.29, 1.82) is 0 Å². The van der Waals surface area contributed by atoms with E-state index >= 15 is 0 Å². The van der Waals surface area contributed by atoms with Crippen molar-refractivity contribution in [2.45, 2.75) is 38.5 Å². The van der Waals surface area contributed by atoms with Gasteiger partial charge in [-0.2, -0.15) is 0 Å². The van der Waals surface area contributed by atoms with Crippen LogP contribution in [0.15, 0.2) is 36.5 Å². The van der Waals surface area contributed by atoms with Crippen LogP contribution in [0.5, 0.6) is 0 Å². The lowest BCUT2D eigenvalue weighted by Crippen LogP contribution is -2.38. The van der Waals surface area contributed by atoms with Gasteiger partial charge in [0.2, 0.25) is 0 Å². The summed E-state index contributed by atoms with van der Waals surface area (Å²) in [5.74, 6) is 1.60. The highest BCUT2D eigenvalue weighted by Gasteiger charge is 2.26. The fraction of sp³-hybridized carbons (Fsp3) is 0.476. The first kappa shape index (κ1) is 17.0. The highest BCUT2D eigenvalue weighted by Crippen LogP contribution is 2.27. The summed E-state index contributed by atoms with van der Waals surface area (Å²) < 4.78 is 0. The number of anilines is 1. The molecular formula is C21H26N4O. The molecule has 0 bridgehead atoms. The molecule has 3 heterocycles. The van der Waals surface area contributed by atoms with Crippen molar-refractivity contribution >= 4 is 11.7 Å². The predicted molar refractivity (Wildman–Crippen MR) is 103 cm³/mol. The average Bonchev–Trinajstić information content (AvgIpc) is 2.75. The summed E-state index contributed by atoms with van der Waals surface area (Å²) in [6.45, 7) is 3.62. The summed E-state index contributed by atoms with van der Waals surface area (Å²) >= 11 is 0. The molecule has 1 aromatic heterocycles. The molecule has 0 unspecified atom stereocenters. The van der Waals surface area contributed by atoms with Crippen molar-refractivity contribution in [2.24, 2.45) is 0 Å². The standard InChI is InChI=1S/C21H26N4O/c26-21(25-14-8-3-9-15-25)18-16-22-19(17-10-4-1-5-11-17)23-20(18)24-12-6-2-7-13-24/h1,4-5,10-11,16H,2-3,6-9,12-15H2. The van der Waals surface area contributed by atoms with Crippen LogP contribution in [0.4, 0.5) is 5.82 Å². The molecule has 0 spiro atoms. The van der Waals surface area contributed by atoms with E-state index in [1.165, 1.54) is 12.8 Å². The summed E-state index contributed by atoms with van der Waals surface area (Å²) in [5, 5.41) is 0. The van der Waals surface area contributed by atoms with E-state index in [9.17, 15) is 4.79 Å². The van der Waals surface area contributed by atoms with Crippen LogP contribution in [0.1, 0.15) is 48.9 Å². The van der Waals surface area contributed by atoms with E-state index in [2.05, 4.69) is 9.88 Å². The predicted octanol–water partition coefficient (Wildman–Crippen LogP) is 3.76. The fourth-order valence-electron chi connectivity index (χ4n) is 3.86. The monoisotopic (exact) mass is 350 g/mol. The van der Waals surface area contributed by atoms with Crippen LogP contribution in [0.3, 0.4) is 0 Å². The Labute approximate surface area is 155 Å². The number of benzene rings is 1. The third kappa shape index (κ3) is 3.57. The van der Waals surface area contributed by atoms with Crippen LogP contribution in [0, 0.1) is 0 Å². The maximum Gasteiger partial charge on any atom is 0.259 e. The highest BCUT2D eigenvalue weighted by molar-refractivity contribution is 5.99. The summed E-state index contributed by atoms with van der Waals surface area (Å²) in [5.41, 5.74) is 1.65. The molecule has 1 aromatic carbocycles. The molecule has 2 aliphatic rings. The molecule has 4 rings (SSSR count). The summed E-state index contributed by atoms with van der Waals surface area (Å²) in [7, 11) is 0. The van der Waals surface area contributed by atoms with Crippen LogP contribution < -0.4 is 4.90 Å². The number of piperidine rings is 2. The Morgan fingerprint density at radius 3 is 2.19 bits per heavy atom. The number of carbonyl (C=O) groups excluding carboxylic acids is 1. The van der Waals surface area contributed by atoms with Crippen molar-refractivity contribution in [3.8, 4) is 11.4 Å². The first-order valence-corrected chi connectivity index (χ1v) is 9.79. The Hall–Kier alpha value is -2.43. The van der Waals surface area contributed by atoms with E-state index in [0.29, 0.717) is 11.4 Å². The number of rotatable bonds is 3. The van der Waals surface area contributed by atoms with E-state index in [1.54, 1.807) is 6.20 Å². The Morgan fingerprint density at radius 2 is 1.50 bits per heavy atom. The molecular weight excluding hydrogens is 324 g/mol. The Kier molecular flexibility index (Phi) is 5.14. The first-order chi connectivity index (χ1) is 12.8. The lowest BCUT2D eigenvalue weighted by Gasteiger charge is -2.31. The molecule has 2 aliphatic heterocycles. The Morgan fingerprint density at radius 1 is 0.846 bits per heavy atom. The number of aromatic nitrogens is 2. The SMILES string of the molecule is O=C(c1cnc(-c2ccccc2)nc1N1CCCCC1)N1CCCCC1. The van der Waals surface area contributed by atoms with Crippen molar-refractivity contribution < 1.29 is 4.79 Å². The molecule has 2 saturated heterocycles. The third-order valence-corrected chi connectivity index (χ3v) is 5.33. The van der Waals surface area contributed by atoms with Gasteiger partial charge in [-0.15, -0.1) is 0 Å². The van der Waals surface area contributed by atoms with Gasteiger partial charge < -0.3 is 9.80 Å². The Bertz CT molecular complexity index is 750. The molecule has 5 heteroatoms. The van der Waals surface area contributed by atoms with Gasteiger partial charge in [0, 0.05) is 37.9 Å². The van der Waals surface area contributed by atoms with Gasteiger partial charge in [0.25, 0.3) is 5.91 Å². The maximum absolute atomic E-state index is 13.1. The number of likely N-dealkylation sites (tertiary alicyclic amines) is 1. The second-order valence-electron chi connectivity index (χ2n) is 7.20. The molecule has 136 valence electrons. The molecule has 0 radical (unpaired) electrons. The van der Waals surface area contributed by atoms with Crippen LogP contribution >= 0.6 is 0 Å². The van der Waals surface area contributed by atoms with Gasteiger partial charge in [-0.3, -0.25) is 4.79 Å². The molecule has 0 atom stereocenters. The van der Waals surface area contributed by atoms with E-state index in [1.807, 2.05) is 35.2 Å². The van der Waals surface area contributed by atoms with Crippen molar-refractivity contribution in [1.82, 2.24) is 14.9 Å². The van der Waals surface area contributed by atoms with Gasteiger partial charge in [0.15, 0.2) is 5.82 Å². The summed E-state index contributed by atoms with van der Waals surface area (Å²) in [6.07, 6.45) is 8.70. The number of hydrogen-bond donors (Lipinski definition) is 0. The lowest BCUT2D eigenvalue weighted by atomic mass is 10.1. The van der Waals surface area contributed by atoms with E-state index in [0.717, 1.165) is 63.2 Å². The van der Waals surface area contributed by atoms with Crippen molar-refractivity contribution in [3.05, 3.63) is 42.1 Å². The van der Waals surface area contributed by atoms with Gasteiger partial charge >= 0.3 is 0 Å². The number of hydrogen-bond acceptors (Lipinski definition) is 4. The second-order valence-corrected chi connectivity index (χ2v) is 7.20. The zero-order valence-electron chi connectivity index (χ0n) is 15.2. The summed E-state index contributed by atoms with van der Waals surface area (Å²) in [6, 6.07) is 10.0. The third-order valence-electron chi connectivity index (χ3n) is 5.33. The van der Waals surface area contributed by atoms with Gasteiger partial charge in [-0.25, -0.2) is 9.97 Å². The lowest BCUT2D eigenvalue weighted by molar-refractivity contribution is 0.0724. The number of amides is 1. The van der Waals surface area contributed by atoms with Crippen LogP contribution in [0.25, 0.3) is 11.4 Å². The topological polar surface area (TPSA) is 49.3 Å². The fourth-order valence-corrected chi connectivity index (χ4v) is 3.86. The van der Waals surface area contributed by atoms with Gasteiger partial charge in [-0.05, 0) is 38.5 Å². The van der Waals surface area contributed by atoms with E-state index in [-0.39, 0.29) is 5.91 Å². The largest absolute Gasteiger partial charge is 0.356 e. The van der Waals surface area contributed by atoms with Crippen LogP contribution in [-0.4, -0.2) is 47.0 Å². The zero-order valence-corrected chi connectivity index (χ0v) is 15.2. The van der Waals surface area contributed by atoms with Gasteiger partial charge in [0.1, 0.15) is 11.4 Å². The second kappa shape index (κ2) is 7.85.